The fourth-order valence-electron chi connectivity index (χ4n) is 3.04. The number of hydrogen-bond donors (Lipinski definition) is 4. The number of nitrogen functional groups attached to an aromatic ring is 1. The van der Waals surface area contributed by atoms with Gasteiger partial charge in [-0.25, -0.2) is 0 Å². The van der Waals surface area contributed by atoms with E-state index in [0.717, 1.165) is 18.5 Å². The Morgan fingerprint density at radius 1 is 1.35 bits per heavy atom. The molecule has 0 aromatic carbocycles. The molecule has 1 saturated carbocycles. The number of H-pyrrole nitrogens is 2. The van der Waals surface area contributed by atoms with Gasteiger partial charge in [0.2, 0.25) is 5.95 Å². The zero-order chi connectivity index (χ0) is 13.9. The molecule has 0 atom stereocenters. The normalized spacial score (nSPS) is 16.8. The van der Waals surface area contributed by atoms with E-state index in [1.807, 2.05) is 6.20 Å². The first-order chi connectivity index (χ1) is 9.74. The molecule has 108 valence electrons. The molecule has 1 fully saturated rings. The van der Waals surface area contributed by atoms with Gasteiger partial charge in [0.05, 0.1) is 5.39 Å². The molecule has 1 aliphatic rings. The molecule has 2 heterocycles. The summed E-state index contributed by atoms with van der Waals surface area (Å²) in [7, 11) is 0. The molecular formula is C14H21N5O. The van der Waals surface area contributed by atoms with Crippen LogP contribution in [0.3, 0.4) is 0 Å². The van der Waals surface area contributed by atoms with Gasteiger partial charge < -0.3 is 16.0 Å². The predicted octanol–water partition coefficient (Wildman–Crippen LogP) is 1.30. The van der Waals surface area contributed by atoms with Crippen molar-refractivity contribution in [1.29, 1.82) is 0 Å². The zero-order valence-electron chi connectivity index (χ0n) is 11.5. The Morgan fingerprint density at radius 3 is 2.95 bits per heavy atom. The lowest BCUT2D eigenvalue weighted by Crippen LogP contribution is -2.32. The van der Waals surface area contributed by atoms with Gasteiger partial charge in [-0.1, -0.05) is 19.3 Å². The first-order valence-corrected chi connectivity index (χ1v) is 7.33. The number of rotatable bonds is 4. The number of fused-ring (bicyclic) bond motifs is 1. The van der Waals surface area contributed by atoms with Crippen molar-refractivity contribution in [2.75, 3.05) is 12.3 Å². The summed E-state index contributed by atoms with van der Waals surface area (Å²) < 4.78 is 0. The highest BCUT2D eigenvalue weighted by Crippen LogP contribution is 2.18. The Hall–Kier alpha value is -1.82. The first kappa shape index (κ1) is 13.2. The van der Waals surface area contributed by atoms with Crippen LogP contribution in [0.2, 0.25) is 0 Å². The van der Waals surface area contributed by atoms with Crippen molar-refractivity contribution < 1.29 is 0 Å². The van der Waals surface area contributed by atoms with Gasteiger partial charge in [0, 0.05) is 12.2 Å². The van der Waals surface area contributed by atoms with Crippen molar-refractivity contribution in [3.8, 4) is 0 Å². The maximum absolute atomic E-state index is 11.9. The van der Waals surface area contributed by atoms with Crippen molar-refractivity contribution in [3.63, 3.8) is 0 Å². The van der Waals surface area contributed by atoms with Crippen LogP contribution in [0.1, 0.15) is 37.7 Å². The summed E-state index contributed by atoms with van der Waals surface area (Å²) in [5.74, 6) is 0.149. The SMILES string of the molecule is Nc1nc2[nH]cc(CCNC3CCCCC3)c2c(=O)[nH]1. The van der Waals surface area contributed by atoms with Crippen LogP contribution in [-0.4, -0.2) is 27.5 Å². The molecule has 1 aliphatic carbocycles. The maximum atomic E-state index is 11.9. The van der Waals surface area contributed by atoms with Gasteiger partial charge >= 0.3 is 0 Å². The largest absolute Gasteiger partial charge is 0.369 e. The van der Waals surface area contributed by atoms with Crippen LogP contribution in [0.15, 0.2) is 11.0 Å². The molecule has 0 unspecified atom stereocenters. The van der Waals surface area contributed by atoms with Crippen molar-refractivity contribution >= 4 is 17.0 Å². The van der Waals surface area contributed by atoms with E-state index in [9.17, 15) is 4.79 Å². The highest BCUT2D eigenvalue weighted by atomic mass is 16.1. The number of aromatic amines is 2. The molecule has 6 nitrogen and oxygen atoms in total. The molecule has 20 heavy (non-hydrogen) atoms. The minimum Gasteiger partial charge on any atom is -0.369 e. The number of nitrogens with one attached hydrogen (secondary N) is 3. The number of anilines is 1. The molecule has 0 amide bonds. The third-order valence-electron chi connectivity index (χ3n) is 4.07. The van der Waals surface area contributed by atoms with Crippen LogP contribution in [0.25, 0.3) is 11.0 Å². The molecule has 0 aliphatic heterocycles. The van der Waals surface area contributed by atoms with Gasteiger partial charge in [0.15, 0.2) is 0 Å². The van der Waals surface area contributed by atoms with Crippen LogP contribution in [0.4, 0.5) is 5.95 Å². The van der Waals surface area contributed by atoms with Crippen LogP contribution in [-0.2, 0) is 6.42 Å². The van der Waals surface area contributed by atoms with Gasteiger partial charge in [-0.2, -0.15) is 4.98 Å². The summed E-state index contributed by atoms with van der Waals surface area (Å²) >= 11 is 0. The molecule has 0 spiro atoms. The maximum Gasteiger partial charge on any atom is 0.262 e. The Labute approximate surface area is 117 Å². The number of nitrogens with two attached hydrogens (primary N) is 1. The van der Waals surface area contributed by atoms with E-state index in [1.165, 1.54) is 32.1 Å². The fraction of sp³-hybridized carbons (Fsp3) is 0.571. The Bertz CT molecular complexity index is 639. The van der Waals surface area contributed by atoms with E-state index in [0.29, 0.717) is 17.1 Å². The van der Waals surface area contributed by atoms with Crippen molar-refractivity contribution in [2.45, 2.75) is 44.6 Å². The van der Waals surface area contributed by atoms with E-state index < -0.39 is 0 Å². The second kappa shape index (κ2) is 5.66. The summed E-state index contributed by atoms with van der Waals surface area (Å²) in [4.78, 5) is 21.6. The van der Waals surface area contributed by atoms with Crippen LogP contribution < -0.4 is 16.6 Å². The Balaban J connectivity index is 1.67. The molecular weight excluding hydrogens is 254 g/mol. The first-order valence-electron chi connectivity index (χ1n) is 7.33. The zero-order valence-corrected chi connectivity index (χ0v) is 11.5. The average molecular weight is 275 g/mol. The lowest BCUT2D eigenvalue weighted by atomic mass is 9.95. The van der Waals surface area contributed by atoms with Crippen molar-refractivity contribution in [2.24, 2.45) is 0 Å². The minimum atomic E-state index is -0.165. The number of hydrogen-bond acceptors (Lipinski definition) is 4. The molecule has 2 aromatic rings. The molecule has 6 heteroatoms. The second-order valence-corrected chi connectivity index (χ2v) is 5.53. The van der Waals surface area contributed by atoms with E-state index in [2.05, 4.69) is 20.3 Å². The third kappa shape index (κ3) is 2.70. The standard InChI is InChI=1S/C14H21N5O/c15-14-18-12-11(13(20)19-14)9(8-17-12)6-7-16-10-4-2-1-3-5-10/h8,10,16H,1-7H2,(H4,15,17,18,19,20). The smallest absolute Gasteiger partial charge is 0.262 e. The van der Waals surface area contributed by atoms with Gasteiger partial charge in [-0.3, -0.25) is 9.78 Å². The van der Waals surface area contributed by atoms with Gasteiger partial charge in [-0.15, -0.1) is 0 Å². The lowest BCUT2D eigenvalue weighted by molar-refractivity contribution is 0.376. The van der Waals surface area contributed by atoms with Crippen LogP contribution in [0, 0.1) is 0 Å². The monoisotopic (exact) mass is 275 g/mol. The summed E-state index contributed by atoms with van der Waals surface area (Å²) in [6.07, 6.45) is 9.24. The Kier molecular flexibility index (Phi) is 3.73. The summed E-state index contributed by atoms with van der Waals surface area (Å²) in [6, 6.07) is 0.640. The quantitative estimate of drug-likeness (QED) is 0.675. The molecule has 0 saturated heterocycles. The fourth-order valence-corrected chi connectivity index (χ4v) is 3.04. The highest BCUT2D eigenvalue weighted by Gasteiger charge is 2.13. The highest BCUT2D eigenvalue weighted by molar-refractivity contribution is 5.79. The molecule has 0 bridgehead atoms. The predicted molar refractivity (Wildman–Crippen MR) is 79.7 cm³/mol. The van der Waals surface area contributed by atoms with E-state index in [4.69, 9.17) is 5.73 Å². The van der Waals surface area contributed by atoms with Gasteiger partial charge in [0.25, 0.3) is 5.56 Å². The average Bonchev–Trinajstić information content (AvgIpc) is 2.83. The number of aromatic nitrogens is 3. The van der Waals surface area contributed by atoms with E-state index in [1.54, 1.807) is 0 Å². The van der Waals surface area contributed by atoms with E-state index >= 15 is 0 Å². The lowest BCUT2D eigenvalue weighted by Gasteiger charge is -2.22. The van der Waals surface area contributed by atoms with Crippen LogP contribution in [0.5, 0.6) is 0 Å². The molecule has 0 radical (unpaired) electrons. The van der Waals surface area contributed by atoms with Crippen molar-refractivity contribution in [1.82, 2.24) is 20.3 Å². The minimum absolute atomic E-state index is 0.149. The summed E-state index contributed by atoms with van der Waals surface area (Å²) in [5.41, 5.74) is 6.93. The second-order valence-electron chi connectivity index (χ2n) is 5.53. The Morgan fingerprint density at radius 2 is 2.15 bits per heavy atom. The topological polar surface area (TPSA) is 99.6 Å². The summed E-state index contributed by atoms with van der Waals surface area (Å²) in [5, 5.41) is 4.21. The molecule has 5 N–H and O–H groups in total. The third-order valence-corrected chi connectivity index (χ3v) is 4.07. The van der Waals surface area contributed by atoms with E-state index in [-0.39, 0.29) is 11.5 Å². The molecule has 3 rings (SSSR count). The van der Waals surface area contributed by atoms with Gasteiger partial charge in [-0.05, 0) is 31.4 Å². The van der Waals surface area contributed by atoms with Gasteiger partial charge in [0.1, 0.15) is 5.65 Å². The van der Waals surface area contributed by atoms with Crippen LogP contribution >= 0.6 is 0 Å². The van der Waals surface area contributed by atoms with Crippen molar-refractivity contribution in [3.05, 3.63) is 22.1 Å². The summed E-state index contributed by atoms with van der Waals surface area (Å²) in [6.45, 7) is 0.890. The number of nitrogens with zero attached hydrogens (tertiary/aromatic N) is 1. The molecule has 2 aromatic heterocycles.